The number of carbonyl (C=O) groups excluding carboxylic acids is 3. The number of hydrogen-bond acceptors (Lipinski definition) is 4. The van der Waals surface area contributed by atoms with Gasteiger partial charge in [-0.25, -0.2) is 0 Å². The molecule has 3 aromatic rings. The molecule has 2 heterocycles. The second-order valence-corrected chi connectivity index (χ2v) is 10.4. The van der Waals surface area contributed by atoms with E-state index >= 15 is 0 Å². The molecule has 2 amide bonds. The molecule has 1 aliphatic rings. The molecule has 0 saturated heterocycles. The molecule has 0 radical (unpaired) electrons. The minimum atomic E-state index is -0.706. The number of aromatic nitrogens is 2. The molecule has 7 heteroatoms. The Bertz CT molecular complexity index is 1280. The van der Waals surface area contributed by atoms with Crippen LogP contribution in [0.4, 0.5) is 5.69 Å². The van der Waals surface area contributed by atoms with Gasteiger partial charge in [-0.3, -0.25) is 19.4 Å². The Morgan fingerprint density at radius 2 is 1.94 bits per heavy atom. The van der Waals surface area contributed by atoms with E-state index in [9.17, 15) is 14.4 Å². The van der Waals surface area contributed by atoms with Crippen molar-refractivity contribution < 1.29 is 14.4 Å². The van der Waals surface area contributed by atoms with Crippen LogP contribution in [0, 0.1) is 12.3 Å². The molecule has 36 heavy (non-hydrogen) atoms. The number of ketones is 1. The summed E-state index contributed by atoms with van der Waals surface area (Å²) in [7, 11) is 0. The van der Waals surface area contributed by atoms with Gasteiger partial charge in [0.1, 0.15) is 11.7 Å². The lowest BCUT2D eigenvalue weighted by Gasteiger charge is -2.28. The van der Waals surface area contributed by atoms with Crippen molar-refractivity contribution >= 4 is 23.3 Å². The summed E-state index contributed by atoms with van der Waals surface area (Å²) in [6, 6.07) is 12.5. The molecule has 1 aliphatic carbocycles. The van der Waals surface area contributed by atoms with Crippen molar-refractivity contribution in [3.8, 4) is 11.3 Å². The van der Waals surface area contributed by atoms with Gasteiger partial charge in [0, 0.05) is 35.1 Å². The Morgan fingerprint density at radius 1 is 1.14 bits per heavy atom. The van der Waals surface area contributed by atoms with Crippen molar-refractivity contribution in [2.45, 2.75) is 65.8 Å². The second kappa shape index (κ2) is 10.5. The van der Waals surface area contributed by atoms with Crippen molar-refractivity contribution in [2.75, 3.05) is 5.32 Å². The fraction of sp³-hybridized carbons (Fsp3) is 0.379. The number of carbonyl (C=O) groups is 3. The number of unbranched alkanes of at least 4 members (excludes halogenated alkanes) is 1. The van der Waals surface area contributed by atoms with Crippen LogP contribution in [0.25, 0.3) is 11.3 Å². The van der Waals surface area contributed by atoms with Crippen LogP contribution in [-0.4, -0.2) is 33.6 Å². The number of H-pyrrole nitrogens is 1. The average molecular weight is 487 g/mol. The van der Waals surface area contributed by atoms with Crippen LogP contribution in [0.15, 0.2) is 48.7 Å². The maximum Gasteiger partial charge on any atom is 0.268 e. The molecule has 0 fully saturated rings. The molecule has 1 atom stereocenters. The third-order valence-electron chi connectivity index (χ3n) is 6.69. The number of rotatable bonds is 8. The second-order valence-electron chi connectivity index (χ2n) is 10.4. The van der Waals surface area contributed by atoms with Gasteiger partial charge in [0.25, 0.3) is 5.91 Å². The number of amides is 2. The maximum atomic E-state index is 13.3. The van der Waals surface area contributed by atoms with Crippen molar-refractivity contribution in [3.63, 3.8) is 0 Å². The number of pyridine rings is 1. The number of anilines is 1. The number of Topliss-reactive ketones (excluding diaryl/α,β-unsaturated/α-hetero) is 1. The zero-order valence-corrected chi connectivity index (χ0v) is 21.4. The Hall–Kier alpha value is -3.74. The Morgan fingerprint density at radius 3 is 2.67 bits per heavy atom. The van der Waals surface area contributed by atoms with E-state index in [-0.39, 0.29) is 23.0 Å². The van der Waals surface area contributed by atoms with Gasteiger partial charge in [-0.1, -0.05) is 51.8 Å². The molecular formula is C29H34N4O3. The highest BCUT2D eigenvalue weighted by molar-refractivity contribution is 6.06. The fourth-order valence-corrected chi connectivity index (χ4v) is 4.89. The van der Waals surface area contributed by atoms with Gasteiger partial charge in [0.15, 0.2) is 5.78 Å². The minimum absolute atomic E-state index is 0.0575. The first-order valence-electron chi connectivity index (χ1n) is 12.6. The van der Waals surface area contributed by atoms with E-state index < -0.39 is 6.04 Å². The molecule has 0 spiro atoms. The third-order valence-corrected chi connectivity index (χ3v) is 6.69. The molecule has 0 saturated carbocycles. The van der Waals surface area contributed by atoms with Gasteiger partial charge in [-0.05, 0) is 55.0 Å². The van der Waals surface area contributed by atoms with Crippen LogP contribution in [0.2, 0.25) is 0 Å². The maximum absolute atomic E-state index is 13.3. The zero-order valence-electron chi connectivity index (χ0n) is 21.4. The summed E-state index contributed by atoms with van der Waals surface area (Å²) >= 11 is 0. The largest absolute Gasteiger partial charge is 0.354 e. The highest BCUT2D eigenvalue weighted by Gasteiger charge is 2.35. The SMILES string of the molecule is CCCCC(NC(=O)c1[nH]c2c(c1C)C(=O)CC(C)(C)C2)C(=O)Nc1cccc(-c2ccccn2)c1. The number of aromatic amines is 1. The number of fused-ring (bicyclic) bond motifs is 1. The summed E-state index contributed by atoms with van der Waals surface area (Å²) in [5.41, 5.74) is 4.63. The summed E-state index contributed by atoms with van der Waals surface area (Å²) < 4.78 is 0. The molecule has 3 N–H and O–H groups in total. The summed E-state index contributed by atoms with van der Waals surface area (Å²) in [5, 5.41) is 5.87. The standard InChI is InChI=1S/C29H34N4O3/c1-5-6-12-22(27(35)31-20-11-9-10-19(15-20)21-13-7-8-14-30-21)33-28(36)26-18(2)25-23(32-26)16-29(3,4)17-24(25)34/h7-11,13-15,22,32H,5-6,12,16-17H2,1-4H3,(H,31,35)(H,33,36). The molecule has 0 bridgehead atoms. The van der Waals surface area contributed by atoms with Gasteiger partial charge in [-0.2, -0.15) is 0 Å². The lowest BCUT2D eigenvalue weighted by atomic mass is 9.75. The Balaban J connectivity index is 1.52. The van der Waals surface area contributed by atoms with E-state index in [0.29, 0.717) is 41.8 Å². The van der Waals surface area contributed by atoms with Gasteiger partial charge in [0.2, 0.25) is 5.91 Å². The van der Waals surface area contributed by atoms with Crippen molar-refractivity contribution in [3.05, 3.63) is 71.2 Å². The van der Waals surface area contributed by atoms with Gasteiger partial charge in [0.05, 0.1) is 5.69 Å². The molecule has 2 aromatic heterocycles. The first kappa shape index (κ1) is 25.4. The monoisotopic (exact) mass is 486 g/mol. The predicted octanol–water partition coefficient (Wildman–Crippen LogP) is 5.47. The van der Waals surface area contributed by atoms with Crippen LogP contribution in [0.1, 0.15) is 78.6 Å². The highest BCUT2D eigenvalue weighted by Crippen LogP contribution is 2.36. The van der Waals surface area contributed by atoms with Crippen LogP contribution in [-0.2, 0) is 11.2 Å². The Labute approximate surface area is 212 Å². The highest BCUT2D eigenvalue weighted by atomic mass is 16.2. The first-order valence-corrected chi connectivity index (χ1v) is 12.6. The molecular weight excluding hydrogens is 452 g/mol. The van der Waals surface area contributed by atoms with Crippen molar-refractivity contribution in [2.24, 2.45) is 5.41 Å². The van der Waals surface area contributed by atoms with Gasteiger partial charge < -0.3 is 15.6 Å². The molecule has 0 aliphatic heterocycles. The number of benzene rings is 1. The van der Waals surface area contributed by atoms with Gasteiger partial charge in [-0.15, -0.1) is 0 Å². The van der Waals surface area contributed by atoms with Crippen LogP contribution in [0.5, 0.6) is 0 Å². The zero-order chi connectivity index (χ0) is 25.9. The molecule has 7 nitrogen and oxygen atoms in total. The summed E-state index contributed by atoms with van der Waals surface area (Å²) in [4.78, 5) is 46.8. The normalized spacial score (nSPS) is 15.2. The number of nitrogens with zero attached hydrogens (tertiary/aromatic N) is 1. The summed E-state index contributed by atoms with van der Waals surface area (Å²) in [6.07, 6.45) is 5.09. The molecule has 1 unspecified atom stereocenters. The first-order chi connectivity index (χ1) is 17.2. The van der Waals surface area contributed by atoms with Gasteiger partial charge >= 0.3 is 0 Å². The van der Waals surface area contributed by atoms with E-state index in [2.05, 4.69) is 34.4 Å². The van der Waals surface area contributed by atoms with E-state index in [1.54, 1.807) is 13.1 Å². The topological polar surface area (TPSA) is 104 Å². The lowest BCUT2D eigenvalue weighted by molar-refractivity contribution is -0.118. The molecule has 4 rings (SSSR count). The van der Waals surface area contributed by atoms with Crippen molar-refractivity contribution in [1.82, 2.24) is 15.3 Å². The molecule has 188 valence electrons. The van der Waals surface area contributed by atoms with E-state index in [1.165, 1.54) is 0 Å². The summed E-state index contributed by atoms with van der Waals surface area (Å²) in [6.45, 7) is 7.95. The quantitative estimate of drug-likeness (QED) is 0.393. The average Bonchev–Trinajstić information content (AvgIpc) is 3.17. The van der Waals surface area contributed by atoms with E-state index in [1.807, 2.05) is 49.4 Å². The van der Waals surface area contributed by atoms with Crippen LogP contribution < -0.4 is 10.6 Å². The smallest absolute Gasteiger partial charge is 0.268 e. The number of nitrogens with one attached hydrogen (secondary N) is 3. The van der Waals surface area contributed by atoms with Crippen LogP contribution in [0.3, 0.4) is 0 Å². The van der Waals surface area contributed by atoms with E-state index in [4.69, 9.17) is 0 Å². The van der Waals surface area contributed by atoms with Crippen molar-refractivity contribution in [1.29, 1.82) is 0 Å². The van der Waals surface area contributed by atoms with Crippen LogP contribution >= 0.6 is 0 Å². The lowest BCUT2D eigenvalue weighted by Crippen LogP contribution is -2.44. The number of hydrogen-bond donors (Lipinski definition) is 3. The predicted molar refractivity (Wildman–Crippen MR) is 141 cm³/mol. The Kier molecular flexibility index (Phi) is 7.38. The van der Waals surface area contributed by atoms with E-state index in [0.717, 1.165) is 29.8 Å². The minimum Gasteiger partial charge on any atom is -0.354 e. The third kappa shape index (κ3) is 5.56. The summed E-state index contributed by atoms with van der Waals surface area (Å²) in [5.74, 6) is -0.589. The fourth-order valence-electron chi connectivity index (χ4n) is 4.89. The molecule has 1 aromatic carbocycles.